The first-order chi connectivity index (χ1) is 6.26. The van der Waals surface area contributed by atoms with E-state index in [4.69, 9.17) is 0 Å². The molecule has 3 heteroatoms. The van der Waals surface area contributed by atoms with Crippen LogP contribution >= 0.6 is 0 Å². The second kappa shape index (κ2) is 4.80. The van der Waals surface area contributed by atoms with Crippen LogP contribution in [0.25, 0.3) is 0 Å². The Morgan fingerprint density at radius 1 is 1.77 bits per heavy atom. The van der Waals surface area contributed by atoms with Gasteiger partial charge in [0.25, 0.3) is 0 Å². The molecule has 0 heterocycles. The molecule has 1 N–H and O–H groups in total. The van der Waals surface area contributed by atoms with E-state index in [1.165, 1.54) is 0 Å². The Labute approximate surface area is 78.2 Å². The lowest BCUT2D eigenvalue weighted by atomic mass is 9.96. The molecule has 1 aliphatic carbocycles. The first kappa shape index (κ1) is 9.96. The molecule has 0 saturated heterocycles. The number of nitrogens with one attached hydrogen (secondary N) is 1. The SMILES string of the molecule is CCC(=O)NC1CC=C(C=O)CC1. The molecule has 13 heavy (non-hydrogen) atoms. The molecule has 1 unspecified atom stereocenters. The molecule has 1 aliphatic rings. The zero-order chi connectivity index (χ0) is 9.68. The second-order valence-corrected chi connectivity index (χ2v) is 3.29. The lowest BCUT2D eigenvalue weighted by Gasteiger charge is -2.20. The topological polar surface area (TPSA) is 46.2 Å². The van der Waals surface area contributed by atoms with Gasteiger partial charge in [0.2, 0.25) is 5.91 Å². The maximum atomic E-state index is 11.0. The summed E-state index contributed by atoms with van der Waals surface area (Å²) in [4.78, 5) is 21.4. The number of hydrogen-bond donors (Lipinski definition) is 1. The zero-order valence-corrected chi connectivity index (χ0v) is 7.88. The van der Waals surface area contributed by atoms with Crippen LogP contribution in [0, 0.1) is 0 Å². The summed E-state index contributed by atoms with van der Waals surface area (Å²) >= 11 is 0. The molecular weight excluding hydrogens is 166 g/mol. The fourth-order valence-electron chi connectivity index (χ4n) is 1.42. The molecule has 0 radical (unpaired) electrons. The maximum Gasteiger partial charge on any atom is 0.219 e. The molecular formula is C10H15NO2. The second-order valence-electron chi connectivity index (χ2n) is 3.29. The highest BCUT2D eigenvalue weighted by Gasteiger charge is 2.14. The van der Waals surface area contributed by atoms with Gasteiger partial charge in [-0.25, -0.2) is 0 Å². The Bertz CT molecular complexity index is 233. The van der Waals surface area contributed by atoms with E-state index in [9.17, 15) is 9.59 Å². The lowest BCUT2D eigenvalue weighted by molar-refractivity contribution is -0.121. The fourth-order valence-corrected chi connectivity index (χ4v) is 1.42. The summed E-state index contributed by atoms with van der Waals surface area (Å²) in [6, 6.07) is 0.233. The van der Waals surface area contributed by atoms with Gasteiger partial charge in [-0.1, -0.05) is 13.0 Å². The molecule has 1 atom stereocenters. The number of aldehydes is 1. The Morgan fingerprint density at radius 3 is 3.00 bits per heavy atom. The van der Waals surface area contributed by atoms with Crippen molar-refractivity contribution < 1.29 is 9.59 Å². The van der Waals surface area contributed by atoms with E-state index >= 15 is 0 Å². The van der Waals surface area contributed by atoms with E-state index in [0.717, 1.165) is 31.1 Å². The maximum absolute atomic E-state index is 11.0. The molecule has 0 fully saturated rings. The van der Waals surface area contributed by atoms with Crippen molar-refractivity contribution in [3.8, 4) is 0 Å². The number of allylic oxidation sites excluding steroid dienone is 1. The van der Waals surface area contributed by atoms with Gasteiger partial charge in [-0.05, 0) is 24.8 Å². The van der Waals surface area contributed by atoms with Gasteiger partial charge < -0.3 is 5.32 Å². The van der Waals surface area contributed by atoms with Gasteiger partial charge >= 0.3 is 0 Å². The van der Waals surface area contributed by atoms with Gasteiger partial charge in [-0.15, -0.1) is 0 Å². The van der Waals surface area contributed by atoms with Crippen molar-refractivity contribution in [1.82, 2.24) is 5.32 Å². The molecule has 0 aromatic heterocycles. The molecule has 1 amide bonds. The van der Waals surface area contributed by atoms with Crippen LogP contribution in [0.5, 0.6) is 0 Å². The smallest absolute Gasteiger partial charge is 0.219 e. The molecule has 0 saturated carbocycles. The molecule has 0 aliphatic heterocycles. The predicted octanol–water partition coefficient (Wildman–Crippen LogP) is 1.19. The summed E-state index contributed by atoms with van der Waals surface area (Å²) in [5.41, 5.74) is 0.863. The van der Waals surface area contributed by atoms with Gasteiger partial charge in [-0.2, -0.15) is 0 Å². The van der Waals surface area contributed by atoms with E-state index in [-0.39, 0.29) is 11.9 Å². The molecule has 72 valence electrons. The third-order valence-corrected chi connectivity index (χ3v) is 2.28. The van der Waals surface area contributed by atoms with Gasteiger partial charge in [0.1, 0.15) is 6.29 Å². The van der Waals surface area contributed by atoms with Gasteiger partial charge in [0, 0.05) is 12.5 Å². The van der Waals surface area contributed by atoms with E-state index in [0.29, 0.717) is 6.42 Å². The van der Waals surface area contributed by atoms with Gasteiger partial charge in [-0.3, -0.25) is 9.59 Å². The number of carbonyl (C=O) groups excluding carboxylic acids is 2. The minimum atomic E-state index is 0.0907. The summed E-state index contributed by atoms with van der Waals surface area (Å²) < 4.78 is 0. The number of hydrogen-bond acceptors (Lipinski definition) is 2. The predicted molar refractivity (Wildman–Crippen MR) is 50.2 cm³/mol. The van der Waals surface area contributed by atoms with Crippen molar-refractivity contribution >= 4 is 12.2 Å². The molecule has 0 aromatic carbocycles. The van der Waals surface area contributed by atoms with Crippen molar-refractivity contribution in [3.63, 3.8) is 0 Å². The van der Waals surface area contributed by atoms with E-state index in [2.05, 4.69) is 5.32 Å². The average molecular weight is 181 g/mol. The van der Waals surface area contributed by atoms with Crippen LogP contribution in [0.3, 0.4) is 0 Å². The Balaban J connectivity index is 2.37. The number of rotatable bonds is 3. The highest BCUT2D eigenvalue weighted by molar-refractivity contribution is 5.76. The number of carbonyl (C=O) groups is 2. The fraction of sp³-hybridized carbons (Fsp3) is 0.600. The highest BCUT2D eigenvalue weighted by atomic mass is 16.1. The molecule has 0 bridgehead atoms. The van der Waals surface area contributed by atoms with E-state index < -0.39 is 0 Å². The summed E-state index contributed by atoms with van der Waals surface area (Å²) in [6.07, 6.45) is 5.81. The van der Waals surface area contributed by atoms with E-state index in [1.807, 2.05) is 13.0 Å². The van der Waals surface area contributed by atoms with Crippen molar-refractivity contribution in [3.05, 3.63) is 11.6 Å². The first-order valence-electron chi connectivity index (χ1n) is 4.69. The largest absolute Gasteiger partial charge is 0.353 e. The van der Waals surface area contributed by atoms with Crippen LogP contribution in [0.4, 0.5) is 0 Å². The minimum Gasteiger partial charge on any atom is -0.353 e. The first-order valence-corrected chi connectivity index (χ1v) is 4.69. The summed E-state index contributed by atoms with van der Waals surface area (Å²) in [5.74, 6) is 0.0907. The van der Waals surface area contributed by atoms with Crippen molar-refractivity contribution in [2.75, 3.05) is 0 Å². The van der Waals surface area contributed by atoms with Crippen LogP contribution < -0.4 is 5.32 Å². The number of amides is 1. The third kappa shape index (κ3) is 3.01. The Kier molecular flexibility index (Phi) is 3.68. The summed E-state index contributed by atoms with van der Waals surface area (Å²) in [6.45, 7) is 1.84. The quantitative estimate of drug-likeness (QED) is 0.665. The standard InChI is InChI=1S/C10H15NO2/c1-2-10(13)11-9-5-3-8(7-12)4-6-9/h3,7,9H,2,4-6H2,1H3,(H,11,13). The van der Waals surface area contributed by atoms with Crippen LogP contribution in [0.1, 0.15) is 32.6 Å². The molecule has 1 rings (SSSR count). The molecule has 3 nitrogen and oxygen atoms in total. The highest BCUT2D eigenvalue weighted by Crippen LogP contribution is 2.16. The van der Waals surface area contributed by atoms with Crippen LogP contribution in [-0.4, -0.2) is 18.2 Å². The Morgan fingerprint density at radius 2 is 2.54 bits per heavy atom. The van der Waals surface area contributed by atoms with Gasteiger partial charge in [0.15, 0.2) is 0 Å². The van der Waals surface area contributed by atoms with Crippen molar-refractivity contribution in [2.45, 2.75) is 38.6 Å². The van der Waals surface area contributed by atoms with Crippen molar-refractivity contribution in [2.24, 2.45) is 0 Å². The van der Waals surface area contributed by atoms with Crippen LogP contribution in [0.15, 0.2) is 11.6 Å². The monoisotopic (exact) mass is 181 g/mol. The minimum absolute atomic E-state index is 0.0907. The zero-order valence-electron chi connectivity index (χ0n) is 7.88. The van der Waals surface area contributed by atoms with Gasteiger partial charge in [0.05, 0.1) is 0 Å². The van der Waals surface area contributed by atoms with Crippen LogP contribution in [0.2, 0.25) is 0 Å². The molecule has 0 spiro atoms. The Hall–Kier alpha value is -1.12. The van der Waals surface area contributed by atoms with Crippen molar-refractivity contribution in [1.29, 1.82) is 0 Å². The summed E-state index contributed by atoms with van der Waals surface area (Å²) in [5, 5.41) is 2.91. The molecule has 0 aromatic rings. The third-order valence-electron chi connectivity index (χ3n) is 2.28. The van der Waals surface area contributed by atoms with Crippen LogP contribution in [-0.2, 0) is 9.59 Å². The normalized spacial score (nSPS) is 21.9. The average Bonchev–Trinajstić information content (AvgIpc) is 2.19. The van der Waals surface area contributed by atoms with E-state index in [1.54, 1.807) is 0 Å². The summed E-state index contributed by atoms with van der Waals surface area (Å²) in [7, 11) is 0. The lowest BCUT2D eigenvalue weighted by Crippen LogP contribution is -2.35.